The Morgan fingerprint density at radius 3 is 3.00 bits per heavy atom. The fourth-order valence-electron chi connectivity index (χ4n) is 1.00. The maximum absolute atomic E-state index is 5.85. The van der Waals surface area contributed by atoms with Crippen LogP contribution in [0.4, 0.5) is 0 Å². The van der Waals surface area contributed by atoms with Crippen molar-refractivity contribution in [3.63, 3.8) is 0 Å². The molecule has 0 radical (unpaired) electrons. The lowest BCUT2D eigenvalue weighted by atomic mass is 10.2. The molecule has 72 valence electrons. The number of nitrogens with two attached hydrogens (primary N) is 1. The second-order valence-electron chi connectivity index (χ2n) is 2.72. The van der Waals surface area contributed by atoms with E-state index in [9.17, 15) is 0 Å². The van der Waals surface area contributed by atoms with Gasteiger partial charge in [-0.1, -0.05) is 0 Å². The van der Waals surface area contributed by atoms with E-state index in [1.54, 1.807) is 18.6 Å². The lowest BCUT2D eigenvalue weighted by molar-refractivity contribution is 0.139. The molecule has 1 unspecified atom stereocenters. The van der Waals surface area contributed by atoms with Gasteiger partial charge in [-0.15, -0.1) is 0 Å². The molecule has 0 aromatic carbocycles. The molecule has 1 aromatic heterocycles. The lowest BCUT2D eigenvalue weighted by Crippen LogP contribution is -2.14. The van der Waals surface area contributed by atoms with Crippen LogP contribution in [-0.2, 0) is 4.74 Å². The molecule has 1 aromatic rings. The summed E-state index contributed by atoms with van der Waals surface area (Å²) in [6, 6.07) is -0.0692. The van der Waals surface area contributed by atoms with Crippen molar-refractivity contribution in [3.05, 3.63) is 24.3 Å². The van der Waals surface area contributed by atoms with Crippen LogP contribution in [0.3, 0.4) is 0 Å². The molecule has 2 N–H and O–H groups in total. The quantitative estimate of drug-likeness (QED) is 0.686. The topological polar surface area (TPSA) is 61.0 Å². The van der Waals surface area contributed by atoms with Crippen molar-refractivity contribution >= 4 is 0 Å². The van der Waals surface area contributed by atoms with Crippen LogP contribution >= 0.6 is 0 Å². The second-order valence-corrected chi connectivity index (χ2v) is 2.72. The normalized spacial score (nSPS) is 12.8. The maximum atomic E-state index is 5.85. The van der Waals surface area contributed by atoms with E-state index in [-0.39, 0.29) is 6.04 Å². The van der Waals surface area contributed by atoms with Crippen molar-refractivity contribution in [2.24, 2.45) is 5.73 Å². The third kappa shape index (κ3) is 3.48. The van der Waals surface area contributed by atoms with Crippen LogP contribution in [0.2, 0.25) is 0 Å². The van der Waals surface area contributed by atoms with Crippen molar-refractivity contribution in [1.29, 1.82) is 0 Å². The van der Waals surface area contributed by atoms with Gasteiger partial charge in [0.15, 0.2) is 0 Å². The lowest BCUT2D eigenvalue weighted by Gasteiger charge is -2.09. The third-order valence-electron chi connectivity index (χ3n) is 1.74. The molecule has 0 saturated heterocycles. The van der Waals surface area contributed by atoms with Gasteiger partial charge in [-0.25, -0.2) is 0 Å². The van der Waals surface area contributed by atoms with Crippen LogP contribution in [0.25, 0.3) is 0 Å². The first-order chi connectivity index (χ1) is 6.34. The summed E-state index contributed by atoms with van der Waals surface area (Å²) in [7, 11) is 0. The Labute approximate surface area is 78.1 Å². The fourth-order valence-corrected chi connectivity index (χ4v) is 1.00. The monoisotopic (exact) mass is 181 g/mol. The molecule has 0 spiro atoms. The van der Waals surface area contributed by atoms with Crippen LogP contribution in [0.5, 0.6) is 0 Å². The molecule has 13 heavy (non-hydrogen) atoms. The summed E-state index contributed by atoms with van der Waals surface area (Å²) in [6.45, 7) is 3.37. The highest BCUT2D eigenvalue weighted by atomic mass is 16.5. The maximum Gasteiger partial charge on any atom is 0.0754 e. The standard InChI is InChI=1S/C9H15N3O/c1-2-13-6-3-8(10)9-7-11-4-5-12-9/h4-5,7-8H,2-3,6,10H2,1H3. The van der Waals surface area contributed by atoms with E-state index < -0.39 is 0 Å². The first kappa shape index (κ1) is 10.1. The number of hydrogen-bond donors (Lipinski definition) is 1. The fraction of sp³-hybridized carbons (Fsp3) is 0.556. The molecule has 1 atom stereocenters. The Kier molecular flexibility index (Phi) is 4.35. The molecule has 0 amide bonds. The average Bonchev–Trinajstić information content (AvgIpc) is 2.19. The second kappa shape index (κ2) is 5.61. The van der Waals surface area contributed by atoms with Crippen molar-refractivity contribution in [1.82, 2.24) is 9.97 Å². The molecular weight excluding hydrogens is 166 g/mol. The highest BCUT2D eigenvalue weighted by Gasteiger charge is 2.06. The van der Waals surface area contributed by atoms with Gasteiger partial charge < -0.3 is 10.5 Å². The van der Waals surface area contributed by atoms with Gasteiger partial charge in [-0.05, 0) is 13.3 Å². The molecule has 0 aliphatic rings. The van der Waals surface area contributed by atoms with Gasteiger partial charge in [0.2, 0.25) is 0 Å². The zero-order valence-electron chi connectivity index (χ0n) is 7.81. The van der Waals surface area contributed by atoms with E-state index in [1.165, 1.54) is 0 Å². The predicted molar refractivity (Wildman–Crippen MR) is 50.1 cm³/mol. The van der Waals surface area contributed by atoms with Crippen molar-refractivity contribution < 1.29 is 4.74 Å². The van der Waals surface area contributed by atoms with Crippen LogP contribution in [-0.4, -0.2) is 23.2 Å². The number of rotatable bonds is 5. The Morgan fingerprint density at radius 2 is 2.38 bits per heavy atom. The summed E-state index contributed by atoms with van der Waals surface area (Å²) in [4.78, 5) is 8.07. The van der Waals surface area contributed by atoms with E-state index in [0.717, 1.165) is 18.7 Å². The summed E-state index contributed by atoms with van der Waals surface area (Å²) in [6.07, 6.45) is 5.76. The van der Waals surface area contributed by atoms with Crippen LogP contribution < -0.4 is 5.73 Å². The molecule has 4 nitrogen and oxygen atoms in total. The van der Waals surface area contributed by atoms with Gasteiger partial charge in [0.25, 0.3) is 0 Å². The van der Waals surface area contributed by atoms with Crippen molar-refractivity contribution in [2.75, 3.05) is 13.2 Å². The van der Waals surface area contributed by atoms with Gasteiger partial charge in [0.1, 0.15) is 0 Å². The summed E-state index contributed by atoms with van der Waals surface area (Å²) in [5, 5.41) is 0. The summed E-state index contributed by atoms with van der Waals surface area (Å²) in [5.74, 6) is 0. The Hall–Kier alpha value is -1.00. The molecule has 0 bridgehead atoms. The molecule has 0 aliphatic heterocycles. The number of nitrogens with zero attached hydrogens (tertiary/aromatic N) is 2. The number of hydrogen-bond acceptors (Lipinski definition) is 4. The smallest absolute Gasteiger partial charge is 0.0754 e. The minimum Gasteiger partial charge on any atom is -0.382 e. The zero-order chi connectivity index (χ0) is 9.52. The molecule has 1 heterocycles. The minimum absolute atomic E-state index is 0.0692. The van der Waals surface area contributed by atoms with E-state index in [4.69, 9.17) is 10.5 Å². The van der Waals surface area contributed by atoms with E-state index in [0.29, 0.717) is 6.61 Å². The van der Waals surface area contributed by atoms with Crippen LogP contribution in [0, 0.1) is 0 Å². The minimum atomic E-state index is -0.0692. The Bertz CT molecular complexity index is 228. The third-order valence-corrected chi connectivity index (χ3v) is 1.74. The van der Waals surface area contributed by atoms with Crippen LogP contribution in [0.1, 0.15) is 25.1 Å². The average molecular weight is 181 g/mol. The van der Waals surface area contributed by atoms with Gasteiger partial charge in [0, 0.05) is 31.8 Å². The predicted octanol–water partition coefficient (Wildman–Crippen LogP) is 0.903. The SMILES string of the molecule is CCOCCC(N)c1cnccn1. The molecule has 0 fully saturated rings. The molecule has 1 rings (SSSR count). The number of aromatic nitrogens is 2. The molecule has 4 heteroatoms. The highest BCUT2D eigenvalue weighted by molar-refractivity contribution is 5.00. The largest absolute Gasteiger partial charge is 0.382 e. The highest BCUT2D eigenvalue weighted by Crippen LogP contribution is 2.08. The Morgan fingerprint density at radius 1 is 1.54 bits per heavy atom. The van der Waals surface area contributed by atoms with Gasteiger partial charge in [-0.3, -0.25) is 9.97 Å². The summed E-state index contributed by atoms with van der Waals surface area (Å²) in [5.41, 5.74) is 6.67. The first-order valence-corrected chi connectivity index (χ1v) is 4.43. The van der Waals surface area contributed by atoms with Crippen molar-refractivity contribution in [3.8, 4) is 0 Å². The molecule has 0 saturated carbocycles. The van der Waals surface area contributed by atoms with Crippen molar-refractivity contribution in [2.45, 2.75) is 19.4 Å². The first-order valence-electron chi connectivity index (χ1n) is 4.43. The van der Waals surface area contributed by atoms with Gasteiger partial charge in [0.05, 0.1) is 11.7 Å². The molecule has 0 aliphatic carbocycles. The summed E-state index contributed by atoms with van der Waals surface area (Å²) >= 11 is 0. The zero-order valence-corrected chi connectivity index (χ0v) is 7.81. The Balaban J connectivity index is 2.35. The van der Waals surface area contributed by atoms with Gasteiger partial charge >= 0.3 is 0 Å². The summed E-state index contributed by atoms with van der Waals surface area (Å²) < 4.78 is 5.20. The number of ether oxygens (including phenoxy) is 1. The molecular formula is C9H15N3O. The van der Waals surface area contributed by atoms with E-state index in [1.807, 2.05) is 6.92 Å². The van der Waals surface area contributed by atoms with Crippen LogP contribution in [0.15, 0.2) is 18.6 Å². The van der Waals surface area contributed by atoms with E-state index >= 15 is 0 Å². The van der Waals surface area contributed by atoms with E-state index in [2.05, 4.69) is 9.97 Å². The van der Waals surface area contributed by atoms with Gasteiger partial charge in [-0.2, -0.15) is 0 Å².